The number of carboxylic acids is 1. The molecule has 27 heavy (non-hydrogen) atoms. The van der Waals surface area contributed by atoms with Gasteiger partial charge in [-0.1, -0.05) is 23.7 Å². The molecule has 8 heteroatoms. The topological polar surface area (TPSA) is 98.8 Å². The fourth-order valence-electron chi connectivity index (χ4n) is 2.89. The highest BCUT2D eigenvalue weighted by Crippen LogP contribution is 2.36. The van der Waals surface area contributed by atoms with E-state index in [1.54, 1.807) is 19.1 Å². The summed E-state index contributed by atoms with van der Waals surface area (Å²) in [6.07, 6.45) is -0.0358. The summed E-state index contributed by atoms with van der Waals surface area (Å²) in [5.41, 5.74) is 1.60. The minimum atomic E-state index is -1.29. The zero-order valence-electron chi connectivity index (χ0n) is 14.6. The summed E-state index contributed by atoms with van der Waals surface area (Å²) in [6, 6.07) is 8.18. The molecule has 0 aromatic heterocycles. The van der Waals surface area contributed by atoms with Crippen LogP contribution in [0.25, 0.3) is 0 Å². The van der Waals surface area contributed by atoms with Crippen molar-refractivity contribution < 1.29 is 24.2 Å². The number of anilines is 2. The molecular formula is C19H16ClN2O5-. The number of nitrogens with one attached hydrogen (secondary N) is 1. The summed E-state index contributed by atoms with van der Waals surface area (Å²) in [4.78, 5) is 37.2. The van der Waals surface area contributed by atoms with Crippen molar-refractivity contribution in [3.05, 3.63) is 52.5 Å². The van der Waals surface area contributed by atoms with Gasteiger partial charge in [-0.25, -0.2) is 4.90 Å². The Kier molecular flexibility index (Phi) is 5.05. The third-order valence-corrected chi connectivity index (χ3v) is 4.72. The third kappa shape index (κ3) is 3.59. The van der Waals surface area contributed by atoms with Gasteiger partial charge in [-0.15, -0.1) is 0 Å². The number of methoxy groups -OCH3 is 1. The smallest absolute Gasteiger partial charge is 0.256 e. The second-order valence-corrected chi connectivity index (χ2v) is 6.51. The van der Waals surface area contributed by atoms with Gasteiger partial charge in [-0.2, -0.15) is 0 Å². The van der Waals surface area contributed by atoms with Crippen molar-refractivity contribution in [2.24, 2.45) is 0 Å². The van der Waals surface area contributed by atoms with Crippen LogP contribution in [0.3, 0.4) is 0 Å². The van der Waals surface area contributed by atoms with Gasteiger partial charge in [0.25, 0.3) is 5.91 Å². The first kappa shape index (κ1) is 18.7. The Balaban J connectivity index is 1.85. The monoisotopic (exact) mass is 387 g/mol. The summed E-state index contributed by atoms with van der Waals surface area (Å²) in [6.45, 7) is 1.77. The van der Waals surface area contributed by atoms with Crippen molar-refractivity contribution in [1.29, 1.82) is 0 Å². The van der Waals surface area contributed by atoms with E-state index in [2.05, 4.69) is 5.32 Å². The summed E-state index contributed by atoms with van der Waals surface area (Å²) >= 11 is 6.09. The molecule has 1 aliphatic heterocycles. The van der Waals surface area contributed by atoms with Crippen LogP contribution >= 0.6 is 11.6 Å². The molecule has 0 saturated carbocycles. The lowest BCUT2D eigenvalue weighted by atomic mass is 10.1. The van der Waals surface area contributed by atoms with E-state index in [1.807, 2.05) is 0 Å². The van der Waals surface area contributed by atoms with Gasteiger partial charge >= 0.3 is 0 Å². The lowest BCUT2D eigenvalue weighted by Gasteiger charge is -2.20. The van der Waals surface area contributed by atoms with Gasteiger partial charge < -0.3 is 20.0 Å². The predicted octanol–water partition coefficient (Wildman–Crippen LogP) is 1.76. The Morgan fingerprint density at radius 1 is 1.26 bits per heavy atom. The van der Waals surface area contributed by atoms with Crippen LogP contribution < -0.4 is 20.1 Å². The molecule has 3 rings (SSSR count). The normalized spacial score (nSPS) is 16.6. The molecule has 7 nitrogen and oxygen atoms in total. The van der Waals surface area contributed by atoms with Crippen LogP contribution in [0.2, 0.25) is 5.02 Å². The number of halogens is 1. The van der Waals surface area contributed by atoms with Crippen LogP contribution in [0.15, 0.2) is 36.4 Å². The predicted molar refractivity (Wildman–Crippen MR) is 98.0 cm³/mol. The van der Waals surface area contributed by atoms with Crippen LogP contribution in [0.4, 0.5) is 11.4 Å². The zero-order valence-corrected chi connectivity index (χ0v) is 15.4. The fraction of sp³-hybridized carbons (Fsp3) is 0.211. The molecular weight excluding hydrogens is 372 g/mol. The van der Waals surface area contributed by atoms with E-state index in [1.165, 1.54) is 31.4 Å². The first-order valence-electron chi connectivity index (χ1n) is 8.10. The molecule has 140 valence electrons. The van der Waals surface area contributed by atoms with Crippen molar-refractivity contribution in [3.63, 3.8) is 0 Å². The standard InChI is InChI=1S/C19H17ClN2O5/c1-10-7-15(16(27-2)8-13(10)20)22-17(23)9-14(18(22)24)21-12-5-3-11(4-6-12)19(25)26/h3-8,14,21H,9H2,1-2H3,(H,25,26)/p-1/t14-/m0/s1. The van der Waals surface area contributed by atoms with Crippen LogP contribution in [0.5, 0.6) is 5.75 Å². The molecule has 0 aliphatic carbocycles. The van der Waals surface area contributed by atoms with Crippen molar-refractivity contribution in [2.75, 3.05) is 17.3 Å². The molecule has 0 unspecified atom stereocenters. The van der Waals surface area contributed by atoms with E-state index in [-0.39, 0.29) is 17.9 Å². The number of ether oxygens (including phenoxy) is 1. The molecule has 1 fully saturated rings. The highest BCUT2D eigenvalue weighted by Gasteiger charge is 2.41. The number of imide groups is 1. The summed E-state index contributed by atoms with van der Waals surface area (Å²) in [7, 11) is 1.43. The van der Waals surface area contributed by atoms with Gasteiger partial charge in [0.05, 0.1) is 25.2 Å². The number of aryl methyl sites for hydroxylation is 1. The Morgan fingerprint density at radius 3 is 2.52 bits per heavy atom. The van der Waals surface area contributed by atoms with Gasteiger partial charge in [0.1, 0.15) is 11.8 Å². The molecule has 2 amide bonds. The van der Waals surface area contributed by atoms with Gasteiger partial charge in [0.15, 0.2) is 0 Å². The Hall–Kier alpha value is -3.06. The van der Waals surface area contributed by atoms with Crippen molar-refractivity contribution in [3.8, 4) is 5.75 Å². The van der Waals surface area contributed by atoms with Crippen LogP contribution in [-0.2, 0) is 9.59 Å². The van der Waals surface area contributed by atoms with Gasteiger partial charge in [0, 0.05) is 16.8 Å². The second kappa shape index (κ2) is 7.28. The molecule has 2 aromatic carbocycles. The number of aromatic carboxylic acids is 1. The number of hydrogen-bond donors (Lipinski definition) is 1. The highest BCUT2D eigenvalue weighted by atomic mass is 35.5. The SMILES string of the molecule is COc1cc(Cl)c(C)cc1N1C(=O)C[C@H](Nc2ccc(C(=O)[O-])cc2)C1=O. The second-order valence-electron chi connectivity index (χ2n) is 6.11. The maximum atomic E-state index is 12.8. The first-order valence-corrected chi connectivity index (χ1v) is 8.48. The summed E-state index contributed by atoms with van der Waals surface area (Å²) < 4.78 is 5.27. The number of carboxylic acid groups (broad SMARTS) is 1. The average molecular weight is 388 g/mol. The Bertz CT molecular complexity index is 926. The van der Waals surface area contributed by atoms with Gasteiger partial charge in [-0.05, 0) is 36.2 Å². The summed E-state index contributed by atoms with van der Waals surface area (Å²) in [5, 5.41) is 14.2. The lowest BCUT2D eigenvalue weighted by molar-refractivity contribution is -0.255. The average Bonchev–Trinajstić information content (AvgIpc) is 2.91. The van der Waals surface area contributed by atoms with E-state index >= 15 is 0 Å². The maximum absolute atomic E-state index is 12.8. The maximum Gasteiger partial charge on any atom is 0.256 e. The van der Waals surface area contributed by atoms with Crippen LogP contribution in [0, 0.1) is 6.92 Å². The van der Waals surface area contributed by atoms with E-state index < -0.39 is 17.9 Å². The lowest BCUT2D eigenvalue weighted by Crippen LogP contribution is -2.35. The number of benzene rings is 2. The molecule has 1 heterocycles. The van der Waals surface area contributed by atoms with Gasteiger partial charge in [0.2, 0.25) is 5.91 Å². The fourth-order valence-corrected chi connectivity index (χ4v) is 3.04. The Morgan fingerprint density at radius 2 is 1.93 bits per heavy atom. The quantitative estimate of drug-likeness (QED) is 0.785. The zero-order chi connectivity index (χ0) is 19.7. The largest absolute Gasteiger partial charge is 0.545 e. The molecule has 1 atom stereocenters. The highest BCUT2D eigenvalue weighted by molar-refractivity contribution is 6.32. The first-order chi connectivity index (χ1) is 12.8. The molecule has 0 radical (unpaired) electrons. The number of nitrogens with zero attached hydrogens (tertiary/aromatic N) is 1. The molecule has 1 N–H and O–H groups in total. The molecule has 0 bridgehead atoms. The number of carbonyl (C=O) groups is 3. The number of carbonyl (C=O) groups excluding carboxylic acids is 3. The van der Waals surface area contributed by atoms with E-state index in [0.717, 1.165) is 4.90 Å². The number of hydrogen-bond acceptors (Lipinski definition) is 6. The summed E-state index contributed by atoms with van der Waals surface area (Å²) in [5.74, 6) is -1.76. The van der Waals surface area contributed by atoms with Crippen LogP contribution in [0.1, 0.15) is 22.3 Å². The molecule has 0 spiro atoms. The van der Waals surface area contributed by atoms with Crippen LogP contribution in [-0.4, -0.2) is 30.9 Å². The number of rotatable bonds is 5. The van der Waals surface area contributed by atoms with Crippen molar-refractivity contribution >= 4 is 40.8 Å². The van der Waals surface area contributed by atoms with E-state index in [0.29, 0.717) is 27.7 Å². The minimum absolute atomic E-state index is 0.0253. The van der Waals surface area contributed by atoms with Crippen molar-refractivity contribution in [1.82, 2.24) is 0 Å². The van der Waals surface area contributed by atoms with Crippen molar-refractivity contribution in [2.45, 2.75) is 19.4 Å². The molecule has 2 aromatic rings. The minimum Gasteiger partial charge on any atom is -0.545 e. The molecule has 1 aliphatic rings. The number of amides is 2. The van der Waals surface area contributed by atoms with Gasteiger partial charge in [-0.3, -0.25) is 9.59 Å². The van der Waals surface area contributed by atoms with E-state index in [4.69, 9.17) is 16.3 Å². The molecule has 1 saturated heterocycles. The Labute approximate surface area is 160 Å². The van der Waals surface area contributed by atoms with E-state index in [9.17, 15) is 19.5 Å². The third-order valence-electron chi connectivity index (χ3n) is 4.31.